The highest BCUT2D eigenvalue weighted by molar-refractivity contribution is 5.99. The maximum absolute atomic E-state index is 13.0. The lowest BCUT2D eigenvalue weighted by Gasteiger charge is -2.10. The van der Waals surface area contributed by atoms with E-state index in [-0.39, 0.29) is 5.69 Å². The summed E-state index contributed by atoms with van der Waals surface area (Å²) in [7, 11) is 1.60. The van der Waals surface area contributed by atoms with Crippen LogP contribution in [-0.4, -0.2) is 29.0 Å². The van der Waals surface area contributed by atoms with Gasteiger partial charge in [0.25, 0.3) is 5.91 Å². The summed E-state index contributed by atoms with van der Waals surface area (Å²) >= 11 is 0. The lowest BCUT2D eigenvalue weighted by Crippen LogP contribution is -2.18. The van der Waals surface area contributed by atoms with Gasteiger partial charge in [-0.05, 0) is 48.0 Å². The van der Waals surface area contributed by atoms with Crippen molar-refractivity contribution in [1.82, 2.24) is 15.2 Å². The number of aryl methyl sites for hydroxylation is 1. The van der Waals surface area contributed by atoms with Crippen LogP contribution in [0, 0.1) is 6.92 Å². The van der Waals surface area contributed by atoms with E-state index in [9.17, 15) is 4.79 Å². The third-order valence-electron chi connectivity index (χ3n) is 5.79. The molecule has 5 aromatic rings. The number of amides is 1. The van der Waals surface area contributed by atoms with Crippen LogP contribution >= 0.6 is 0 Å². The number of para-hydroxylation sites is 1. The molecular formula is C29H24N4O2. The molecule has 0 bridgehead atoms. The number of methoxy groups -OCH3 is 1. The minimum Gasteiger partial charge on any atom is -0.496 e. The fourth-order valence-electron chi connectivity index (χ4n) is 4.01. The largest absolute Gasteiger partial charge is 0.496 e. The van der Waals surface area contributed by atoms with Gasteiger partial charge in [0.15, 0.2) is 5.69 Å². The van der Waals surface area contributed by atoms with Gasteiger partial charge in [-0.1, -0.05) is 72.3 Å². The molecule has 4 aromatic carbocycles. The van der Waals surface area contributed by atoms with Crippen LogP contribution in [0.25, 0.3) is 27.7 Å². The van der Waals surface area contributed by atoms with E-state index in [0.29, 0.717) is 5.75 Å². The van der Waals surface area contributed by atoms with Crippen molar-refractivity contribution in [2.24, 2.45) is 5.10 Å². The molecule has 0 aliphatic carbocycles. The van der Waals surface area contributed by atoms with Gasteiger partial charge in [0.2, 0.25) is 0 Å². The van der Waals surface area contributed by atoms with Gasteiger partial charge >= 0.3 is 0 Å². The fourth-order valence-corrected chi connectivity index (χ4v) is 4.01. The van der Waals surface area contributed by atoms with E-state index in [0.717, 1.165) is 38.8 Å². The molecule has 5 rings (SSSR count). The smallest absolute Gasteiger partial charge is 0.291 e. The van der Waals surface area contributed by atoms with E-state index < -0.39 is 5.91 Å². The molecule has 35 heavy (non-hydrogen) atoms. The number of rotatable bonds is 6. The van der Waals surface area contributed by atoms with E-state index in [1.165, 1.54) is 0 Å². The van der Waals surface area contributed by atoms with Crippen LogP contribution in [0.4, 0.5) is 0 Å². The predicted octanol–water partition coefficient (Wildman–Crippen LogP) is 5.77. The summed E-state index contributed by atoms with van der Waals surface area (Å²) in [5, 5.41) is 11.0. The first-order valence-electron chi connectivity index (χ1n) is 11.3. The second kappa shape index (κ2) is 9.65. The summed E-state index contributed by atoms with van der Waals surface area (Å²) in [4.78, 5) is 13.0. The van der Waals surface area contributed by atoms with E-state index in [1.807, 2.05) is 79.7 Å². The van der Waals surface area contributed by atoms with Crippen LogP contribution in [0.5, 0.6) is 5.75 Å². The number of fused-ring (bicyclic) bond motifs is 1. The van der Waals surface area contributed by atoms with Gasteiger partial charge in [0, 0.05) is 11.1 Å². The van der Waals surface area contributed by atoms with Crippen LogP contribution in [-0.2, 0) is 0 Å². The predicted molar refractivity (Wildman–Crippen MR) is 139 cm³/mol. The monoisotopic (exact) mass is 460 g/mol. The number of carbonyl (C=O) groups excluding carboxylic acids is 1. The number of benzene rings is 4. The number of aromatic nitrogens is 2. The van der Waals surface area contributed by atoms with Gasteiger partial charge in [-0.15, -0.1) is 0 Å². The minimum absolute atomic E-state index is 0.269. The van der Waals surface area contributed by atoms with E-state index in [4.69, 9.17) is 4.74 Å². The first kappa shape index (κ1) is 22.1. The summed E-state index contributed by atoms with van der Waals surface area (Å²) in [6.07, 6.45) is 1.55. The highest BCUT2D eigenvalue weighted by Crippen LogP contribution is 2.31. The molecule has 6 heteroatoms. The van der Waals surface area contributed by atoms with Crippen LogP contribution in [0.15, 0.2) is 102 Å². The third kappa shape index (κ3) is 4.54. The van der Waals surface area contributed by atoms with Gasteiger partial charge in [0.05, 0.1) is 24.7 Å². The molecule has 0 unspecified atom stereocenters. The van der Waals surface area contributed by atoms with Gasteiger partial charge < -0.3 is 4.74 Å². The zero-order valence-corrected chi connectivity index (χ0v) is 19.5. The Balaban J connectivity index is 1.53. The highest BCUT2D eigenvalue weighted by atomic mass is 16.5. The maximum atomic E-state index is 13.0. The molecule has 0 atom stereocenters. The quantitative estimate of drug-likeness (QED) is 0.258. The van der Waals surface area contributed by atoms with Crippen LogP contribution < -0.4 is 10.2 Å². The molecule has 0 aliphatic rings. The molecular weight excluding hydrogens is 436 g/mol. The van der Waals surface area contributed by atoms with Crippen molar-refractivity contribution in [3.8, 4) is 22.7 Å². The van der Waals surface area contributed by atoms with Crippen molar-refractivity contribution in [3.05, 3.63) is 114 Å². The SMILES string of the molecule is COc1ccccc1/C=N\NC(=O)c1cc(-c2cccc3ccccc23)n(-c2ccc(C)cc2)n1. The maximum Gasteiger partial charge on any atom is 0.291 e. The summed E-state index contributed by atoms with van der Waals surface area (Å²) in [5.41, 5.74) is 7.45. The van der Waals surface area contributed by atoms with Crippen molar-refractivity contribution < 1.29 is 9.53 Å². The Kier molecular flexibility index (Phi) is 6.09. The molecule has 0 saturated heterocycles. The number of ether oxygens (including phenoxy) is 1. The summed E-state index contributed by atoms with van der Waals surface area (Å²) < 4.78 is 7.13. The molecule has 1 heterocycles. The standard InChI is InChI=1S/C29H24N4O2/c1-20-14-16-23(17-15-20)33-27(25-12-7-10-21-8-3-5-11-24(21)25)18-26(32-33)29(34)31-30-19-22-9-4-6-13-28(22)35-2/h3-19H,1-2H3,(H,31,34)/b30-19-. The van der Waals surface area contributed by atoms with Gasteiger partial charge in [-0.3, -0.25) is 4.79 Å². The van der Waals surface area contributed by atoms with Gasteiger partial charge in [-0.2, -0.15) is 10.2 Å². The average molecular weight is 461 g/mol. The Hall–Kier alpha value is -4.71. The Morgan fingerprint density at radius 3 is 2.51 bits per heavy atom. The molecule has 0 fully saturated rings. The summed E-state index contributed by atoms with van der Waals surface area (Å²) in [5.74, 6) is 0.274. The lowest BCUT2D eigenvalue weighted by molar-refractivity contribution is 0.0949. The minimum atomic E-state index is -0.400. The van der Waals surface area contributed by atoms with Crippen molar-refractivity contribution >= 4 is 22.9 Å². The van der Waals surface area contributed by atoms with Crippen molar-refractivity contribution in [2.45, 2.75) is 6.92 Å². The Morgan fingerprint density at radius 1 is 0.943 bits per heavy atom. The Morgan fingerprint density at radius 2 is 1.69 bits per heavy atom. The molecule has 0 saturated carbocycles. The second-order valence-electron chi connectivity index (χ2n) is 8.13. The number of nitrogens with one attached hydrogen (secondary N) is 1. The normalized spacial score (nSPS) is 11.1. The highest BCUT2D eigenvalue weighted by Gasteiger charge is 2.18. The molecule has 172 valence electrons. The van der Waals surface area contributed by atoms with E-state index in [1.54, 1.807) is 24.1 Å². The van der Waals surface area contributed by atoms with Crippen molar-refractivity contribution in [1.29, 1.82) is 0 Å². The zero-order valence-electron chi connectivity index (χ0n) is 19.5. The Bertz CT molecular complexity index is 1530. The number of hydrazone groups is 1. The van der Waals surface area contributed by atoms with Gasteiger partial charge in [0.1, 0.15) is 5.75 Å². The first-order chi connectivity index (χ1) is 17.1. The lowest BCUT2D eigenvalue weighted by atomic mass is 10.0. The van der Waals surface area contributed by atoms with Crippen LogP contribution in [0.3, 0.4) is 0 Å². The molecule has 0 spiro atoms. The van der Waals surface area contributed by atoms with E-state index >= 15 is 0 Å². The van der Waals surface area contributed by atoms with E-state index in [2.05, 4.69) is 33.8 Å². The number of hydrogen-bond acceptors (Lipinski definition) is 4. The van der Waals surface area contributed by atoms with Crippen molar-refractivity contribution in [3.63, 3.8) is 0 Å². The second-order valence-corrected chi connectivity index (χ2v) is 8.13. The molecule has 0 aliphatic heterocycles. The number of carbonyl (C=O) groups is 1. The zero-order chi connectivity index (χ0) is 24.2. The Labute approximate surface area is 203 Å². The number of nitrogens with zero attached hydrogens (tertiary/aromatic N) is 3. The summed E-state index contributed by atoms with van der Waals surface area (Å²) in [6.45, 7) is 2.04. The fraction of sp³-hybridized carbons (Fsp3) is 0.0690. The topological polar surface area (TPSA) is 68.5 Å². The summed E-state index contributed by atoms with van der Waals surface area (Å²) in [6, 6.07) is 31.6. The van der Waals surface area contributed by atoms with Crippen molar-refractivity contribution in [2.75, 3.05) is 7.11 Å². The van der Waals surface area contributed by atoms with Crippen LogP contribution in [0.2, 0.25) is 0 Å². The molecule has 1 aromatic heterocycles. The first-order valence-corrected chi connectivity index (χ1v) is 11.3. The molecule has 1 N–H and O–H groups in total. The molecule has 0 radical (unpaired) electrons. The third-order valence-corrected chi connectivity index (χ3v) is 5.79. The molecule has 1 amide bonds. The molecule has 6 nitrogen and oxygen atoms in total. The average Bonchev–Trinajstić information content (AvgIpc) is 3.34. The van der Waals surface area contributed by atoms with Gasteiger partial charge in [-0.25, -0.2) is 10.1 Å². The van der Waals surface area contributed by atoms with Crippen LogP contribution in [0.1, 0.15) is 21.6 Å². The number of hydrogen-bond donors (Lipinski definition) is 1.